The maximum Gasteiger partial charge on any atom is 0.125 e. The molecule has 1 unspecified atom stereocenters. The number of aromatic nitrogens is 2. The molecule has 1 aromatic heterocycles. The normalized spacial score (nSPS) is 13.8. The number of aryl methyl sites for hydroxylation is 1. The van der Waals surface area contributed by atoms with Crippen LogP contribution in [0, 0.1) is 6.92 Å². The van der Waals surface area contributed by atoms with Gasteiger partial charge in [-0.25, -0.2) is 9.97 Å². The molecule has 0 aliphatic carbocycles. The number of ether oxygens (including phenoxy) is 1. The van der Waals surface area contributed by atoms with Crippen molar-refractivity contribution in [3.8, 4) is 0 Å². The molecule has 1 rings (SSSR count). The minimum atomic E-state index is -0.125. The third-order valence-corrected chi connectivity index (χ3v) is 2.79. The average Bonchev–Trinajstić information content (AvgIpc) is 2.26. The molecule has 1 aromatic rings. The number of nitrogens with two attached hydrogens (primary N) is 1. The molecule has 0 aliphatic heterocycles. The van der Waals surface area contributed by atoms with Crippen LogP contribution >= 0.6 is 0 Å². The van der Waals surface area contributed by atoms with E-state index in [9.17, 15) is 0 Å². The van der Waals surface area contributed by atoms with Crippen molar-refractivity contribution in [3.63, 3.8) is 0 Å². The van der Waals surface area contributed by atoms with Crippen molar-refractivity contribution in [3.05, 3.63) is 23.8 Å². The third-order valence-electron chi connectivity index (χ3n) is 2.79. The van der Waals surface area contributed by atoms with Gasteiger partial charge in [0, 0.05) is 19.3 Å². The number of hydrogen-bond donors (Lipinski definition) is 1. The van der Waals surface area contributed by atoms with E-state index in [1.807, 2.05) is 13.0 Å². The maximum absolute atomic E-state index is 6.08. The summed E-state index contributed by atoms with van der Waals surface area (Å²) in [5.74, 6) is 0.763. The number of rotatable bonds is 5. The number of hydrogen-bond acceptors (Lipinski definition) is 4. The van der Waals surface area contributed by atoms with E-state index in [-0.39, 0.29) is 11.6 Å². The average molecular weight is 223 g/mol. The Kier molecular flexibility index (Phi) is 4.38. The lowest BCUT2D eigenvalue weighted by atomic mass is 9.98. The first-order valence-electron chi connectivity index (χ1n) is 5.55. The van der Waals surface area contributed by atoms with Gasteiger partial charge in [0.1, 0.15) is 5.82 Å². The van der Waals surface area contributed by atoms with Gasteiger partial charge in [0.15, 0.2) is 0 Å². The van der Waals surface area contributed by atoms with Crippen molar-refractivity contribution in [1.29, 1.82) is 0 Å². The zero-order valence-electron chi connectivity index (χ0n) is 10.5. The summed E-state index contributed by atoms with van der Waals surface area (Å²) in [6.45, 7) is 5.99. The van der Waals surface area contributed by atoms with E-state index in [0.29, 0.717) is 0 Å². The Hall–Kier alpha value is -1.00. The van der Waals surface area contributed by atoms with Crippen LogP contribution < -0.4 is 5.73 Å². The zero-order valence-corrected chi connectivity index (χ0v) is 10.5. The lowest BCUT2D eigenvalue weighted by Crippen LogP contribution is -2.25. The van der Waals surface area contributed by atoms with E-state index in [4.69, 9.17) is 10.5 Å². The molecule has 0 radical (unpaired) electrons. The van der Waals surface area contributed by atoms with Crippen molar-refractivity contribution in [2.24, 2.45) is 5.73 Å². The van der Waals surface area contributed by atoms with Gasteiger partial charge in [-0.3, -0.25) is 0 Å². The Morgan fingerprint density at radius 1 is 1.50 bits per heavy atom. The molecule has 4 nitrogen and oxygen atoms in total. The Labute approximate surface area is 97.2 Å². The second-order valence-electron chi connectivity index (χ2n) is 4.64. The molecule has 0 fully saturated rings. The fourth-order valence-corrected chi connectivity index (χ4v) is 1.43. The Balaban J connectivity index is 2.56. The second-order valence-corrected chi connectivity index (χ2v) is 4.64. The summed E-state index contributed by atoms with van der Waals surface area (Å²) in [4.78, 5) is 8.38. The maximum atomic E-state index is 6.08. The van der Waals surface area contributed by atoms with E-state index in [1.54, 1.807) is 13.3 Å². The van der Waals surface area contributed by atoms with E-state index in [1.165, 1.54) is 0 Å². The summed E-state index contributed by atoms with van der Waals surface area (Å²) >= 11 is 0. The van der Waals surface area contributed by atoms with Crippen LogP contribution in [0.1, 0.15) is 44.2 Å². The van der Waals surface area contributed by atoms with Crippen LogP contribution in [-0.2, 0) is 4.74 Å². The first-order chi connectivity index (χ1) is 7.44. The lowest BCUT2D eigenvalue weighted by molar-refractivity contribution is 0.0124. The van der Waals surface area contributed by atoms with Crippen LogP contribution in [0.5, 0.6) is 0 Å². The summed E-state index contributed by atoms with van der Waals surface area (Å²) in [6, 6.07) is 1.83. The highest BCUT2D eigenvalue weighted by Crippen LogP contribution is 2.21. The van der Waals surface area contributed by atoms with E-state index in [2.05, 4.69) is 23.8 Å². The second kappa shape index (κ2) is 5.37. The Bertz CT molecular complexity index is 339. The summed E-state index contributed by atoms with van der Waals surface area (Å²) in [5.41, 5.74) is 6.86. The van der Waals surface area contributed by atoms with Gasteiger partial charge in [0.25, 0.3) is 0 Å². The first kappa shape index (κ1) is 13.1. The molecular weight excluding hydrogens is 202 g/mol. The molecule has 0 bridgehead atoms. The molecule has 0 aliphatic rings. The van der Waals surface area contributed by atoms with Crippen LogP contribution in [0.2, 0.25) is 0 Å². The molecule has 1 heterocycles. The standard InChI is InChI=1S/C12H21N3O/c1-9-14-8-6-11(15-9)10(13)5-7-12(2,3)16-4/h6,8,10H,5,7,13H2,1-4H3. The Morgan fingerprint density at radius 2 is 2.19 bits per heavy atom. The fraction of sp³-hybridized carbons (Fsp3) is 0.667. The summed E-state index contributed by atoms with van der Waals surface area (Å²) in [6.07, 6.45) is 3.52. The fourth-order valence-electron chi connectivity index (χ4n) is 1.43. The van der Waals surface area contributed by atoms with Gasteiger partial charge in [-0.05, 0) is 39.7 Å². The predicted molar refractivity (Wildman–Crippen MR) is 64.0 cm³/mol. The van der Waals surface area contributed by atoms with E-state index >= 15 is 0 Å². The highest BCUT2D eigenvalue weighted by molar-refractivity contribution is 5.06. The first-order valence-corrected chi connectivity index (χ1v) is 5.55. The van der Waals surface area contributed by atoms with Gasteiger partial charge in [0.05, 0.1) is 11.3 Å². The van der Waals surface area contributed by atoms with Crippen molar-refractivity contribution in [1.82, 2.24) is 9.97 Å². The van der Waals surface area contributed by atoms with Crippen molar-refractivity contribution >= 4 is 0 Å². The molecule has 0 spiro atoms. The highest BCUT2D eigenvalue weighted by Gasteiger charge is 2.18. The number of nitrogens with zero attached hydrogens (tertiary/aromatic N) is 2. The van der Waals surface area contributed by atoms with Gasteiger partial charge >= 0.3 is 0 Å². The van der Waals surface area contributed by atoms with Crippen molar-refractivity contribution in [2.45, 2.75) is 45.3 Å². The van der Waals surface area contributed by atoms with Crippen LogP contribution in [0.3, 0.4) is 0 Å². The predicted octanol–water partition coefficient (Wildman–Crippen LogP) is 1.99. The molecule has 1 atom stereocenters. The van der Waals surface area contributed by atoms with Gasteiger partial charge < -0.3 is 10.5 Å². The van der Waals surface area contributed by atoms with Crippen LogP contribution in [0.15, 0.2) is 12.3 Å². The largest absolute Gasteiger partial charge is 0.379 e. The SMILES string of the molecule is COC(C)(C)CCC(N)c1ccnc(C)n1. The monoisotopic (exact) mass is 223 g/mol. The third kappa shape index (κ3) is 3.87. The summed E-state index contributed by atoms with van der Waals surface area (Å²) in [5, 5.41) is 0. The van der Waals surface area contributed by atoms with Crippen molar-refractivity contribution < 1.29 is 4.74 Å². The van der Waals surface area contributed by atoms with Gasteiger partial charge in [-0.1, -0.05) is 0 Å². The molecular formula is C12H21N3O. The molecule has 4 heteroatoms. The lowest BCUT2D eigenvalue weighted by Gasteiger charge is -2.24. The summed E-state index contributed by atoms with van der Waals surface area (Å²) in [7, 11) is 1.72. The van der Waals surface area contributed by atoms with Crippen LogP contribution in [0.25, 0.3) is 0 Å². The topological polar surface area (TPSA) is 61.0 Å². The highest BCUT2D eigenvalue weighted by atomic mass is 16.5. The van der Waals surface area contributed by atoms with E-state index < -0.39 is 0 Å². The molecule has 0 saturated carbocycles. The van der Waals surface area contributed by atoms with Crippen LogP contribution in [0.4, 0.5) is 0 Å². The molecule has 2 N–H and O–H groups in total. The zero-order chi connectivity index (χ0) is 12.2. The molecule has 0 amide bonds. The quantitative estimate of drug-likeness (QED) is 0.829. The Morgan fingerprint density at radius 3 is 2.75 bits per heavy atom. The van der Waals surface area contributed by atoms with Gasteiger partial charge in [-0.15, -0.1) is 0 Å². The minimum Gasteiger partial charge on any atom is -0.379 e. The van der Waals surface area contributed by atoms with Crippen LogP contribution in [-0.4, -0.2) is 22.7 Å². The molecule has 0 saturated heterocycles. The van der Waals surface area contributed by atoms with Crippen molar-refractivity contribution in [2.75, 3.05) is 7.11 Å². The molecule has 16 heavy (non-hydrogen) atoms. The number of methoxy groups -OCH3 is 1. The molecule has 90 valence electrons. The molecule has 0 aromatic carbocycles. The minimum absolute atomic E-state index is 0.0453. The van der Waals surface area contributed by atoms with Gasteiger partial charge in [0.2, 0.25) is 0 Å². The van der Waals surface area contributed by atoms with E-state index in [0.717, 1.165) is 24.4 Å². The summed E-state index contributed by atoms with van der Waals surface area (Å²) < 4.78 is 5.36. The van der Waals surface area contributed by atoms with Gasteiger partial charge in [-0.2, -0.15) is 0 Å². The smallest absolute Gasteiger partial charge is 0.125 e.